The molecule has 0 atom stereocenters. The van der Waals surface area contributed by atoms with Crippen LogP contribution in [0.1, 0.15) is 0 Å². The van der Waals surface area contributed by atoms with Gasteiger partial charge >= 0.3 is 18.6 Å². The van der Waals surface area contributed by atoms with Gasteiger partial charge in [-0.25, -0.2) is 4.42 Å². The van der Waals surface area contributed by atoms with Crippen LogP contribution in [0.2, 0.25) is 0 Å². The van der Waals surface area contributed by atoms with Gasteiger partial charge in [-0.1, -0.05) is 72.8 Å². The summed E-state index contributed by atoms with van der Waals surface area (Å²) in [5.74, 6) is 0.882. The second-order valence-corrected chi connectivity index (χ2v) is 6.95. The molecule has 0 saturated carbocycles. The normalized spacial score (nSPS) is 11.2. The van der Waals surface area contributed by atoms with Gasteiger partial charge in [0.15, 0.2) is 0 Å². The minimum absolute atomic E-state index is 0.882. The molecule has 1 aromatic heterocycles. The first-order chi connectivity index (χ1) is 14.9. The molecule has 0 bridgehead atoms. The van der Waals surface area contributed by atoms with E-state index in [1.165, 1.54) is 21.9 Å². The zero-order valence-corrected chi connectivity index (χ0v) is 16.3. The Balaban J connectivity index is 0.000000418. The Hall–Kier alpha value is -3.67. The molecule has 0 radical (unpaired) electrons. The van der Waals surface area contributed by atoms with Crippen molar-refractivity contribution < 1.29 is 21.7 Å². The lowest BCUT2D eigenvalue weighted by atomic mass is 9.97. The van der Waals surface area contributed by atoms with E-state index in [1.54, 1.807) is 0 Å². The predicted octanol–water partition coefficient (Wildman–Crippen LogP) is 8.50. The van der Waals surface area contributed by atoms with Gasteiger partial charge in [0, 0.05) is 5.56 Å². The zero-order chi connectivity index (χ0) is 21.8. The van der Waals surface area contributed by atoms with E-state index in [-0.39, 0.29) is 0 Å². The second-order valence-electron chi connectivity index (χ2n) is 6.95. The molecule has 154 valence electrons. The molecule has 0 fully saturated rings. The summed E-state index contributed by atoms with van der Waals surface area (Å²) in [7, 11) is -6.00. The summed E-state index contributed by atoms with van der Waals surface area (Å²) in [5.41, 5.74) is 4.38. The Morgan fingerprint density at radius 3 is 1.61 bits per heavy atom. The molecule has 0 saturated heterocycles. The van der Waals surface area contributed by atoms with Crippen molar-refractivity contribution in [2.75, 3.05) is 0 Å². The molecule has 1 nitrogen and oxygen atoms in total. The third kappa shape index (κ3) is 5.09. The van der Waals surface area contributed by atoms with Gasteiger partial charge in [0.05, 0.1) is 23.1 Å². The first-order valence-electron chi connectivity index (χ1n) is 9.66. The molecule has 0 aliphatic heterocycles. The molecule has 6 heteroatoms. The van der Waals surface area contributed by atoms with Gasteiger partial charge in [-0.2, -0.15) is 0 Å². The number of benzene rings is 4. The summed E-state index contributed by atoms with van der Waals surface area (Å²) in [5, 5.41) is 3.54. The Morgan fingerprint density at radius 2 is 1.03 bits per heavy atom. The van der Waals surface area contributed by atoms with Crippen LogP contribution in [0.15, 0.2) is 108 Å². The Labute approximate surface area is 176 Å². The van der Waals surface area contributed by atoms with Crippen molar-refractivity contribution in [2.45, 2.75) is 0 Å². The first-order valence-corrected chi connectivity index (χ1v) is 9.66. The van der Waals surface area contributed by atoms with E-state index in [4.69, 9.17) is 4.42 Å². The second kappa shape index (κ2) is 8.60. The van der Waals surface area contributed by atoms with Gasteiger partial charge in [0.1, 0.15) is 0 Å². The van der Waals surface area contributed by atoms with Crippen molar-refractivity contribution in [2.24, 2.45) is 0 Å². The zero-order valence-electron chi connectivity index (χ0n) is 16.3. The molecule has 1 heterocycles. The van der Waals surface area contributed by atoms with Crippen LogP contribution in [0.25, 0.3) is 44.2 Å². The molecule has 5 aromatic rings. The van der Waals surface area contributed by atoms with Crippen LogP contribution < -0.4 is 0 Å². The quantitative estimate of drug-likeness (QED) is 0.121. The van der Waals surface area contributed by atoms with E-state index < -0.39 is 7.25 Å². The van der Waals surface area contributed by atoms with E-state index in [9.17, 15) is 17.3 Å². The van der Waals surface area contributed by atoms with Crippen LogP contribution in [0, 0.1) is 0 Å². The topological polar surface area (TPSA) is 11.3 Å². The standard InChI is InChI=1S/C25H17O.BF4/c1-3-9-18(10-4-1)22-17-24(19-11-5-2-6-12-19)26-25-16-21-14-8-7-13-20(21)15-23(22)25;2-1(3,4)5/h1-17H;/q+1;-1. The number of rotatable bonds is 2. The molecular weight excluding hydrogens is 403 g/mol. The fraction of sp³-hybridized carbons (Fsp3) is 0. The Morgan fingerprint density at radius 1 is 0.548 bits per heavy atom. The van der Waals surface area contributed by atoms with E-state index in [1.807, 2.05) is 24.3 Å². The molecule has 5 rings (SSSR count). The molecule has 0 spiro atoms. The summed E-state index contributed by atoms with van der Waals surface area (Å²) in [6, 6.07) is 35.7. The maximum atomic E-state index is 9.75. The van der Waals surface area contributed by atoms with Crippen LogP contribution in [0.4, 0.5) is 17.3 Å². The summed E-state index contributed by atoms with van der Waals surface area (Å²) >= 11 is 0. The van der Waals surface area contributed by atoms with Crippen LogP contribution in [0.3, 0.4) is 0 Å². The van der Waals surface area contributed by atoms with Crippen molar-refractivity contribution in [3.8, 4) is 22.5 Å². The summed E-state index contributed by atoms with van der Waals surface area (Å²) in [6.45, 7) is 0. The van der Waals surface area contributed by atoms with E-state index in [0.717, 1.165) is 22.3 Å². The minimum Gasteiger partial charge on any atom is -0.418 e. The lowest BCUT2D eigenvalue weighted by Gasteiger charge is -2.05. The third-order valence-electron chi connectivity index (χ3n) is 4.78. The Kier molecular flexibility index (Phi) is 5.71. The molecule has 4 aromatic carbocycles. The summed E-state index contributed by atoms with van der Waals surface area (Å²) in [4.78, 5) is 0. The van der Waals surface area contributed by atoms with Crippen molar-refractivity contribution in [1.29, 1.82) is 0 Å². The smallest absolute Gasteiger partial charge is 0.418 e. The lowest BCUT2D eigenvalue weighted by Crippen LogP contribution is -2.02. The highest BCUT2D eigenvalue weighted by Crippen LogP contribution is 2.36. The first kappa shape index (κ1) is 20.6. The fourth-order valence-electron chi connectivity index (χ4n) is 3.47. The van der Waals surface area contributed by atoms with Crippen LogP contribution in [0.5, 0.6) is 0 Å². The molecule has 0 unspecified atom stereocenters. The monoisotopic (exact) mass is 420 g/mol. The predicted molar refractivity (Wildman–Crippen MR) is 119 cm³/mol. The highest BCUT2D eigenvalue weighted by Gasteiger charge is 2.21. The van der Waals surface area contributed by atoms with Crippen LogP contribution >= 0.6 is 0 Å². The van der Waals surface area contributed by atoms with Gasteiger partial charge in [-0.3, -0.25) is 0 Å². The number of fused-ring (bicyclic) bond motifs is 2. The maximum Gasteiger partial charge on any atom is 0.673 e. The molecule has 0 amide bonds. The van der Waals surface area contributed by atoms with Crippen LogP contribution in [-0.2, 0) is 0 Å². The fourth-order valence-corrected chi connectivity index (χ4v) is 3.47. The molecule has 0 N–H and O–H groups in total. The SMILES string of the molecule is F[B-](F)(F)F.c1ccc(-c2cc(-c3ccccc3)c3cc4ccccc4cc3[o+]2)cc1. The van der Waals surface area contributed by atoms with E-state index in [0.29, 0.717) is 0 Å². The maximum absolute atomic E-state index is 9.75. The van der Waals surface area contributed by atoms with E-state index in [2.05, 4.69) is 78.9 Å². The van der Waals surface area contributed by atoms with Crippen molar-refractivity contribution in [3.05, 3.63) is 103 Å². The molecule has 0 aliphatic carbocycles. The summed E-state index contributed by atoms with van der Waals surface area (Å²) in [6.07, 6.45) is 0. The molecular formula is C25H17BF4O. The lowest BCUT2D eigenvalue weighted by molar-refractivity contribution is 0.368. The third-order valence-corrected chi connectivity index (χ3v) is 4.78. The molecule has 0 aliphatic rings. The number of hydrogen-bond donors (Lipinski definition) is 0. The van der Waals surface area contributed by atoms with Crippen molar-refractivity contribution in [3.63, 3.8) is 0 Å². The van der Waals surface area contributed by atoms with Gasteiger partial charge in [0.2, 0.25) is 0 Å². The van der Waals surface area contributed by atoms with Gasteiger partial charge in [-0.15, -0.1) is 0 Å². The van der Waals surface area contributed by atoms with E-state index >= 15 is 0 Å². The van der Waals surface area contributed by atoms with Gasteiger partial charge < -0.3 is 17.3 Å². The molecule has 31 heavy (non-hydrogen) atoms. The minimum atomic E-state index is -6.00. The number of halogens is 4. The largest absolute Gasteiger partial charge is 0.673 e. The average molecular weight is 420 g/mol. The Bertz CT molecular complexity index is 1310. The van der Waals surface area contributed by atoms with Gasteiger partial charge in [-0.05, 0) is 34.5 Å². The van der Waals surface area contributed by atoms with Crippen molar-refractivity contribution >= 4 is 29.0 Å². The summed E-state index contributed by atoms with van der Waals surface area (Å²) < 4.78 is 45.3. The van der Waals surface area contributed by atoms with Crippen molar-refractivity contribution in [1.82, 2.24) is 0 Å². The number of hydrogen-bond acceptors (Lipinski definition) is 0. The van der Waals surface area contributed by atoms with Gasteiger partial charge in [0.25, 0.3) is 0 Å². The van der Waals surface area contributed by atoms with Crippen LogP contribution in [-0.4, -0.2) is 7.25 Å². The highest BCUT2D eigenvalue weighted by atomic mass is 19.5. The average Bonchev–Trinajstić information content (AvgIpc) is 2.77. The highest BCUT2D eigenvalue weighted by molar-refractivity contribution is 6.50.